The number of rotatable bonds is 6. The Labute approximate surface area is 192 Å². The summed E-state index contributed by atoms with van der Waals surface area (Å²) in [6.07, 6.45) is 1.80. The Morgan fingerprint density at radius 3 is 2.73 bits per heavy atom. The molecular weight excluding hydrogens is 420 g/mol. The zero-order valence-electron chi connectivity index (χ0n) is 18.5. The Kier molecular flexibility index (Phi) is 5.97. The van der Waals surface area contributed by atoms with Gasteiger partial charge in [0, 0.05) is 25.2 Å². The third-order valence-corrected chi connectivity index (χ3v) is 6.06. The number of hydrogen-bond donors (Lipinski definition) is 1. The Morgan fingerprint density at radius 1 is 1.09 bits per heavy atom. The largest absolute Gasteiger partial charge is 0.497 e. The average molecular weight is 447 g/mol. The van der Waals surface area contributed by atoms with Crippen LogP contribution in [0.3, 0.4) is 0 Å². The number of aromatic nitrogens is 2. The first-order chi connectivity index (χ1) is 16.2. The molecule has 1 aromatic heterocycles. The summed E-state index contributed by atoms with van der Waals surface area (Å²) >= 11 is 0. The summed E-state index contributed by atoms with van der Waals surface area (Å²) in [4.78, 5) is 15.0. The van der Waals surface area contributed by atoms with Crippen LogP contribution in [-0.4, -0.2) is 43.1 Å². The van der Waals surface area contributed by atoms with Crippen molar-refractivity contribution in [2.75, 3.05) is 31.9 Å². The Balaban J connectivity index is 1.18. The van der Waals surface area contributed by atoms with Crippen molar-refractivity contribution < 1.29 is 19.0 Å². The van der Waals surface area contributed by atoms with E-state index in [4.69, 9.17) is 14.2 Å². The minimum absolute atomic E-state index is 0.0557. The second-order valence-electron chi connectivity index (χ2n) is 8.20. The van der Waals surface area contributed by atoms with Crippen molar-refractivity contribution in [3.63, 3.8) is 0 Å². The van der Waals surface area contributed by atoms with Crippen molar-refractivity contribution in [1.82, 2.24) is 15.5 Å². The molecule has 1 N–H and O–H groups in total. The number of nitrogens with one attached hydrogen (secondary N) is 1. The number of carbonyl (C=O) groups excluding carboxylic acids is 1. The number of ether oxygens (including phenoxy) is 3. The highest BCUT2D eigenvalue weighted by Gasteiger charge is 2.27. The van der Waals surface area contributed by atoms with Crippen molar-refractivity contribution in [2.24, 2.45) is 5.92 Å². The van der Waals surface area contributed by atoms with Gasteiger partial charge in [-0.3, -0.25) is 4.79 Å². The predicted octanol–water partition coefficient (Wildman–Crippen LogP) is 3.41. The van der Waals surface area contributed by atoms with E-state index in [1.165, 1.54) is 0 Å². The van der Waals surface area contributed by atoms with Gasteiger partial charge in [0.1, 0.15) is 5.75 Å². The predicted molar refractivity (Wildman–Crippen MR) is 123 cm³/mol. The third-order valence-electron chi connectivity index (χ3n) is 6.06. The third kappa shape index (κ3) is 4.69. The minimum Gasteiger partial charge on any atom is -0.497 e. The molecule has 1 fully saturated rings. The van der Waals surface area contributed by atoms with Crippen LogP contribution in [-0.2, 0) is 11.3 Å². The molecule has 5 rings (SSSR count). The van der Waals surface area contributed by atoms with Gasteiger partial charge in [0.15, 0.2) is 17.3 Å². The monoisotopic (exact) mass is 446 g/mol. The summed E-state index contributed by atoms with van der Waals surface area (Å²) in [5, 5.41) is 11.9. The molecule has 0 bridgehead atoms. The van der Waals surface area contributed by atoms with Gasteiger partial charge in [0.2, 0.25) is 12.7 Å². The lowest BCUT2D eigenvalue weighted by Gasteiger charge is -2.32. The summed E-state index contributed by atoms with van der Waals surface area (Å²) < 4.78 is 16.0. The lowest BCUT2D eigenvalue weighted by molar-refractivity contribution is -0.125. The molecule has 170 valence electrons. The topological polar surface area (TPSA) is 85.8 Å². The smallest absolute Gasteiger partial charge is 0.231 e. The van der Waals surface area contributed by atoms with Crippen LogP contribution in [0.5, 0.6) is 17.2 Å². The molecule has 0 radical (unpaired) electrons. The number of methoxy groups -OCH3 is 1. The first-order valence-corrected chi connectivity index (χ1v) is 11.1. The number of benzene rings is 2. The molecule has 1 saturated heterocycles. The van der Waals surface area contributed by atoms with E-state index >= 15 is 0 Å². The van der Waals surface area contributed by atoms with E-state index in [2.05, 4.69) is 20.4 Å². The van der Waals surface area contributed by atoms with Crippen LogP contribution in [0.25, 0.3) is 11.3 Å². The van der Waals surface area contributed by atoms with Gasteiger partial charge in [-0.2, -0.15) is 0 Å². The van der Waals surface area contributed by atoms with Crippen molar-refractivity contribution in [3.05, 3.63) is 60.2 Å². The first kappa shape index (κ1) is 21.1. The lowest BCUT2D eigenvalue weighted by Crippen LogP contribution is -2.43. The number of hydrogen-bond acceptors (Lipinski definition) is 7. The zero-order chi connectivity index (χ0) is 22.6. The van der Waals surface area contributed by atoms with Crippen LogP contribution in [0.4, 0.5) is 5.82 Å². The van der Waals surface area contributed by atoms with E-state index in [0.717, 1.165) is 59.3 Å². The highest BCUT2D eigenvalue weighted by Crippen LogP contribution is 2.32. The van der Waals surface area contributed by atoms with Gasteiger partial charge >= 0.3 is 0 Å². The highest BCUT2D eigenvalue weighted by molar-refractivity contribution is 5.79. The van der Waals surface area contributed by atoms with Crippen LogP contribution >= 0.6 is 0 Å². The number of carbonyl (C=O) groups is 1. The Bertz CT molecular complexity index is 1120. The van der Waals surface area contributed by atoms with Gasteiger partial charge in [-0.05, 0) is 66.9 Å². The molecule has 2 aliphatic rings. The highest BCUT2D eigenvalue weighted by atomic mass is 16.7. The summed E-state index contributed by atoms with van der Waals surface area (Å²) in [5.41, 5.74) is 2.77. The van der Waals surface area contributed by atoms with Crippen LogP contribution < -0.4 is 24.4 Å². The molecule has 33 heavy (non-hydrogen) atoms. The minimum atomic E-state index is -0.0872. The summed E-state index contributed by atoms with van der Waals surface area (Å²) in [6, 6.07) is 17.4. The van der Waals surface area contributed by atoms with Gasteiger partial charge in [-0.15, -0.1) is 10.2 Å². The molecule has 3 heterocycles. The number of anilines is 1. The maximum Gasteiger partial charge on any atom is 0.231 e. The number of amides is 1. The van der Waals surface area contributed by atoms with Crippen LogP contribution in [0.2, 0.25) is 0 Å². The molecule has 1 atom stereocenters. The molecule has 0 aliphatic carbocycles. The molecule has 3 aromatic rings. The van der Waals surface area contributed by atoms with E-state index in [1.807, 2.05) is 54.6 Å². The fourth-order valence-electron chi connectivity index (χ4n) is 4.19. The number of piperidine rings is 1. The van der Waals surface area contributed by atoms with E-state index in [-0.39, 0.29) is 18.6 Å². The first-order valence-electron chi connectivity index (χ1n) is 11.1. The van der Waals surface area contributed by atoms with Gasteiger partial charge in [0.05, 0.1) is 18.7 Å². The molecule has 2 aromatic carbocycles. The molecule has 1 unspecified atom stereocenters. The molecule has 1 amide bonds. The molecule has 2 aliphatic heterocycles. The normalized spacial score (nSPS) is 17.0. The van der Waals surface area contributed by atoms with Crippen molar-refractivity contribution in [2.45, 2.75) is 19.4 Å². The quantitative estimate of drug-likeness (QED) is 0.621. The van der Waals surface area contributed by atoms with Gasteiger partial charge in [-0.1, -0.05) is 6.07 Å². The average Bonchev–Trinajstić information content (AvgIpc) is 3.35. The molecular formula is C25H26N4O4. The number of nitrogens with zero attached hydrogens (tertiary/aromatic N) is 3. The van der Waals surface area contributed by atoms with Crippen LogP contribution in [0, 0.1) is 5.92 Å². The summed E-state index contributed by atoms with van der Waals surface area (Å²) in [6.45, 7) is 2.20. The molecule has 8 heteroatoms. The van der Waals surface area contributed by atoms with E-state index in [1.54, 1.807) is 7.11 Å². The van der Waals surface area contributed by atoms with E-state index in [0.29, 0.717) is 13.1 Å². The Hall–Kier alpha value is -3.81. The standard InChI is InChI=1S/C25H26N4O4/c1-31-20-7-5-18(6-8-20)21-9-11-24(28-27-21)29-12-2-3-19(15-29)25(30)26-14-17-4-10-22-23(13-17)33-16-32-22/h4-11,13,19H,2-3,12,14-16H2,1H3,(H,26,30). The van der Waals surface area contributed by atoms with Gasteiger partial charge in [0.25, 0.3) is 0 Å². The van der Waals surface area contributed by atoms with E-state index in [9.17, 15) is 4.79 Å². The van der Waals surface area contributed by atoms with E-state index < -0.39 is 0 Å². The summed E-state index contributed by atoms with van der Waals surface area (Å²) in [5.74, 6) is 3.03. The lowest BCUT2D eigenvalue weighted by atomic mass is 9.97. The molecule has 0 spiro atoms. The van der Waals surface area contributed by atoms with Gasteiger partial charge < -0.3 is 24.4 Å². The fraction of sp³-hybridized carbons (Fsp3) is 0.320. The van der Waals surface area contributed by atoms with Crippen molar-refractivity contribution in [1.29, 1.82) is 0 Å². The fourth-order valence-corrected chi connectivity index (χ4v) is 4.19. The second kappa shape index (κ2) is 9.36. The Morgan fingerprint density at radius 2 is 1.94 bits per heavy atom. The van der Waals surface area contributed by atoms with Crippen LogP contribution in [0.15, 0.2) is 54.6 Å². The SMILES string of the molecule is COc1ccc(-c2ccc(N3CCCC(C(=O)NCc4ccc5c(c4)OCO5)C3)nn2)cc1. The second-order valence-corrected chi connectivity index (χ2v) is 8.20. The zero-order valence-corrected chi connectivity index (χ0v) is 18.5. The van der Waals surface area contributed by atoms with Crippen molar-refractivity contribution in [3.8, 4) is 28.5 Å². The number of fused-ring (bicyclic) bond motifs is 1. The van der Waals surface area contributed by atoms with Crippen LogP contribution in [0.1, 0.15) is 18.4 Å². The maximum absolute atomic E-state index is 12.8. The van der Waals surface area contributed by atoms with Gasteiger partial charge in [-0.25, -0.2) is 0 Å². The van der Waals surface area contributed by atoms with Crippen molar-refractivity contribution >= 4 is 11.7 Å². The molecule has 8 nitrogen and oxygen atoms in total. The summed E-state index contributed by atoms with van der Waals surface area (Å²) in [7, 11) is 1.65. The maximum atomic E-state index is 12.8. The molecule has 0 saturated carbocycles.